The Morgan fingerprint density at radius 3 is 2.21 bits per heavy atom. The minimum Gasteiger partial charge on any atom is -0.341 e. The van der Waals surface area contributed by atoms with E-state index in [2.05, 4.69) is 18.7 Å². The van der Waals surface area contributed by atoms with Gasteiger partial charge in [-0.25, -0.2) is 0 Å². The molecule has 19 heavy (non-hydrogen) atoms. The third-order valence-electron chi connectivity index (χ3n) is 4.92. The van der Waals surface area contributed by atoms with Crippen molar-refractivity contribution in [3.05, 3.63) is 0 Å². The van der Waals surface area contributed by atoms with E-state index in [4.69, 9.17) is 5.73 Å². The van der Waals surface area contributed by atoms with E-state index in [0.717, 1.165) is 32.6 Å². The maximum atomic E-state index is 12.7. The number of amides is 1. The van der Waals surface area contributed by atoms with E-state index in [1.54, 1.807) is 0 Å². The SMILES string of the molecule is CCN(CC)C1CCN(C(=O)C(C)(C)C(C)(C)N)C1. The van der Waals surface area contributed by atoms with Gasteiger partial charge in [0.2, 0.25) is 5.91 Å². The molecule has 0 aromatic carbocycles. The van der Waals surface area contributed by atoms with Gasteiger partial charge in [0, 0.05) is 24.7 Å². The Hall–Kier alpha value is -0.610. The molecule has 4 nitrogen and oxygen atoms in total. The number of rotatable bonds is 5. The molecule has 1 aliphatic rings. The average molecular weight is 269 g/mol. The fourth-order valence-corrected chi connectivity index (χ4v) is 2.64. The van der Waals surface area contributed by atoms with Crippen LogP contribution in [0.4, 0.5) is 0 Å². The average Bonchev–Trinajstić information content (AvgIpc) is 2.77. The van der Waals surface area contributed by atoms with E-state index in [-0.39, 0.29) is 5.91 Å². The molecule has 0 bridgehead atoms. The number of hydrogen-bond acceptors (Lipinski definition) is 3. The lowest BCUT2D eigenvalue weighted by Crippen LogP contribution is -2.56. The molecule has 1 rings (SSSR count). The molecule has 0 aromatic rings. The summed E-state index contributed by atoms with van der Waals surface area (Å²) in [5, 5.41) is 0. The van der Waals surface area contributed by atoms with Crippen LogP contribution in [-0.4, -0.2) is 53.5 Å². The minimum absolute atomic E-state index is 0.189. The zero-order valence-corrected chi connectivity index (χ0v) is 13.5. The van der Waals surface area contributed by atoms with Gasteiger partial charge in [-0.3, -0.25) is 9.69 Å². The van der Waals surface area contributed by atoms with Gasteiger partial charge < -0.3 is 10.6 Å². The second kappa shape index (κ2) is 5.80. The van der Waals surface area contributed by atoms with Gasteiger partial charge in [0.15, 0.2) is 0 Å². The highest BCUT2D eigenvalue weighted by Gasteiger charge is 2.44. The fourth-order valence-electron chi connectivity index (χ4n) is 2.64. The van der Waals surface area contributed by atoms with Crippen LogP contribution in [-0.2, 0) is 4.79 Å². The highest BCUT2D eigenvalue weighted by Crippen LogP contribution is 2.32. The third kappa shape index (κ3) is 3.29. The molecule has 4 heteroatoms. The molecule has 1 fully saturated rings. The molecule has 0 aliphatic carbocycles. The summed E-state index contributed by atoms with van der Waals surface area (Å²) in [6.45, 7) is 16.0. The predicted octanol–water partition coefficient (Wildman–Crippen LogP) is 1.69. The van der Waals surface area contributed by atoms with Crippen LogP contribution in [0.15, 0.2) is 0 Å². The summed E-state index contributed by atoms with van der Waals surface area (Å²) in [4.78, 5) is 17.1. The van der Waals surface area contributed by atoms with Gasteiger partial charge in [0.25, 0.3) is 0 Å². The van der Waals surface area contributed by atoms with Crippen molar-refractivity contribution in [2.45, 2.75) is 59.5 Å². The second-order valence-corrected chi connectivity index (χ2v) is 6.76. The summed E-state index contributed by atoms with van der Waals surface area (Å²) >= 11 is 0. The summed E-state index contributed by atoms with van der Waals surface area (Å²) < 4.78 is 0. The Labute approximate surface area is 118 Å². The van der Waals surface area contributed by atoms with Crippen molar-refractivity contribution in [1.29, 1.82) is 0 Å². The van der Waals surface area contributed by atoms with Crippen LogP contribution >= 0.6 is 0 Å². The molecule has 1 unspecified atom stereocenters. The van der Waals surface area contributed by atoms with Crippen LogP contribution in [0.2, 0.25) is 0 Å². The predicted molar refractivity (Wildman–Crippen MR) is 80.0 cm³/mol. The zero-order chi connectivity index (χ0) is 14.8. The van der Waals surface area contributed by atoms with Gasteiger partial charge in [-0.15, -0.1) is 0 Å². The molecule has 1 heterocycles. The van der Waals surface area contributed by atoms with Gasteiger partial charge in [0.05, 0.1) is 5.41 Å². The standard InChI is InChI=1S/C15H31N3O/c1-7-17(8-2)12-9-10-18(11-12)13(19)14(3,4)15(5,6)16/h12H,7-11,16H2,1-6H3. The maximum absolute atomic E-state index is 12.7. The number of carbonyl (C=O) groups is 1. The van der Waals surface area contributed by atoms with Gasteiger partial charge in [-0.2, -0.15) is 0 Å². The van der Waals surface area contributed by atoms with Gasteiger partial charge in [0.1, 0.15) is 0 Å². The normalized spacial score (nSPS) is 21.3. The summed E-state index contributed by atoms with van der Waals surface area (Å²) in [5.74, 6) is 0.189. The van der Waals surface area contributed by atoms with E-state index in [0.29, 0.717) is 6.04 Å². The number of nitrogens with zero attached hydrogens (tertiary/aromatic N) is 2. The maximum Gasteiger partial charge on any atom is 0.230 e. The molecule has 1 atom stereocenters. The summed E-state index contributed by atoms with van der Waals surface area (Å²) in [6, 6.07) is 0.510. The van der Waals surface area contributed by atoms with E-state index >= 15 is 0 Å². The van der Waals surface area contributed by atoms with Crippen LogP contribution < -0.4 is 5.73 Å². The lowest BCUT2D eigenvalue weighted by molar-refractivity contribution is -0.142. The van der Waals surface area contributed by atoms with Crippen LogP contribution in [0.3, 0.4) is 0 Å². The number of hydrogen-bond donors (Lipinski definition) is 1. The Bertz CT molecular complexity index is 316. The third-order valence-corrected chi connectivity index (χ3v) is 4.92. The van der Waals surface area contributed by atoms with Crippen molar-refractivity contribution in [3.8, 4) is 0 Å². The Morgan fingerprint density at radius 2 is 1.79 bits per heavy atom. The van der Waals surface area contributed by atoms with Gasteiger partial charge in [-0.05, 0) is 47.2 Å². The molecule has 0 aromatic heterocycles. The van der Waals surface area contributed by atoms with E-state index in [1.807, 2.05) is 32.6 Å². The lowest BCUT2D eigenvalue weighted by atomic mass is 9.74. The van der Waals surface area contributed by atoms with E-state index in [1.165, 1.54) is 0 Å². The topological polar surface area (TPSA) is 49.6 Å². The Morgan fingerprint density at radius 1 is 1.26 bits per heavy atom. The summed E-state index contributed by atoms with van der Waals surface area (Å²) in [6.07, 6.45) is 1.08. The van der Waals surface area contributed by atoms with Crippen LogP contribution in [0.25, 0.3) is 0 Å². The summed E-state index contributed by atoms with van der Waals surface area (Å²) in [5.41, 5.74) is 5.15. The number of nitrogens with two attached hydrogens (primary N) is 1. The first-order valence-electron chi connectivity index (χ1n) is 7.47. The molecule has 112 valence electrons. The lowest BCUT2D eigenvalue weighted by Gasteiger charge is -2.39. The highest BCUT2D eigenvalue weighted by molar-refractivity contribution is 5.83. The Balaban J connectivity index is 2.72. The highest BCUT2D eigenvalue weighted by atomic mass is 16.2. The van der Waals surface area contributed by atoms with Gasteiger partial charge >= 0.3 is 0 Å². The molecule has 1 aliphatic heterocycles. The van der Waals surface area contributed by atoms with Crippen molar-refractivity contribution in [2.24, 2.45) is 11.1 Å². The minimum atomic E-state index is -0.523. The molecule has 1 amide bonds. The van der Waals surface area contributed by atoms with Crippen LogP contribution in [0.1, 0.15) is 48.0 Å². The van der Waals surface area contributed by atoms with Crippen LogP contribution in [0.5, 0.6) is 0 Å². The van der Waals surface area contributed by atoms with Crippen molar-refractivity contribution < 1.29 is 4.79 Å². The zero-order valence-electron chi connectivity index (χ0n) is 13.5. The van der Waals surface area contributed by atoms with Crippen LogP contribution in [0, 0.1) is 5.41 Å². The Kier molecular flexibility index (Phi) is 5.02. The molecule has 1 saturated heterocycles. The first kappa shape index (κ1) is 16.4. The quantitative estimate of drug-likeness (QED) is 0.826. The summed E-state index contributed by atoms with van der Waals surface area (Å²) in [7, 11) is 0. The van der Waals surface area contributed by atoms with Crippen molar-refractivity contribution in [3.63, 3.8) is 0 Å². The smallest absolute Gasteiger partial charge is 0.230 e. The molecule has 0 spiro atoms. The van der Waals surface area contributed by atoms with E-state index in [9.17, 15) is 4.79 Å². The van der Waals surface area contributed by atoms with Gasteiger partial charge in [-0.1, -0.05) is 13.8 Å². The molecule has 0 radical (unpaired) electrons. The van der Waals surface area contributed by atoms with E-state index < -0.39 is 11.0 Å². The molecule has 2 N–H and O–H groups in total. The van der Waals surface area contributed by atoms with Crippen molar-refractivity contribution >= 4 is 5.91 Å². The second-order valence-electron chi connectivity index (χ2n) is 6.76. The number of likely N-dealkylation sites (N-methyl/N-ethyl adjacent to an activating group) is 1. The molecule has 0 saturated carbocycles. The number of carbonyl (C=O) groups excluding carboxylic acids is 1. The first-order chi connectivity index (χ1) is 8.65. The molecular weight excluding hydrogens is 238 g/mol. The monoisotopic (exact) mass is 269 g/mol. The molecular formula is C15H31N3O. The van der Waals surface area contributed by atoms with Crippen molar-refractivity contribution in [2.75, 3.05) is 26.2 Å². The van der Waals surface area contributed by atoms with Crippen molar-refractivity contribution in [1.82, 2.24) is 9.80 Å². The largest absolute Gasteiger partial charge is 0.341 e. The first-order valence-corrected chi connectivity index (χ1v) is 7.47. The fraction of sp³-hybridized carbons (Fsp3) is 0.933. The number of likely N-dealkylation sites (tertiary alicyclic amines) is 1.